The van der Waals surface area contributed by atoms with Crippen LogP contribution in [0.3, 0.4) is 0 Å². The molecule has 2 rings (SSSR count). The van der Waals surface area contributed by atoms with E-state index in [1.54, 1.807) is 13.4 Å². The van der Waals surface area contributed by atoms with E-state index in [1.807, 2.05) is 18.2 Å². The van der Waals surface area contributed by atoms with Gasteiger partial charge in [-0.3, -0.25) is 0 Å². The smallest absolute Gasteiger partial charge is 0.135 e. The molecule has 0 aliphatic rings. The van der Waals surface area contributed by atoms with Crippen LogP contribution in [0.4, 0.5) is 17.3 Å². The van der Waals surface area contributed by atoms with Gasteiger partial charge in [-0.2, -0.15) is 0 Å². The molecule has 0 unspecified atom stereocenters. The topological polar surface area (TPSA) is 59.1 Å². The standard InChI is InChI=1S/C15H19BrN4O/c1-11-4-5-12(8-13(11)16)20-15-9-14(18-10-19-15)17-6-3-7-21-2/h4-5,8-10H,3,6-7H2,1-2H3,(H2,17,18,19,20). The number of benzene rings is 1. The number of rotatable bonds is 7. The summed E-state index contributed by atoms with van der Waals surface area (Å²) in [7, 11) is 1.70. The van der Waals surface area contributed by atoms with Crippen LogP contribution in [-0.4, -0.2) is 30.2 Å². The molecule has 5 nitrogen and oxygen atoms in total. The van der Waals surface area contributed by atoms with Crippen LogP contribution in [0.5, 0.6) is 0 Å². The van der Waals surface area contributed by atoms with Crippen molar-refractivity contribution in [2.45, 2.75) is 13.3 Å². The molecule has 0 saturated heterocycles. The minimum absolute atomic E-state index is 0.737. The second-order valence-electron chi connectivity index (χ2n) is 4.65. The van der Waals surface area contributed by atoms with Crippen molar-refractivity contribution >= 4 is 33.3 Å². The minimum Gasteiger partial charge on any atom is -0.385 e. The maximum atomic E-state index is 5.01. The van der Waals surface area contributed by atoms with E-state index in [0.717, 1.165) is 41.4 Å². The molecule has 0 aliphatic heterocycles. The molecule has 0 radical (unpaired) electrons. The molecule has 0 atom stereocenters. The van der Waals surface area contributed by atoms with Crippen molar-refractivity contribution in [3.05, 3.63) is 40.6 Å². The number of aromatic nitrogens is 2. The molecule has 0 aliphatic carbocycles. The van der Waals surface area contributed by atoms with Crippen molar-refractivity contribution in [1.29, 1.82) is 0 Å². The summed E-state index contributed by atoms with van der Waals surface area (Å²) >= 11 is 3.53. The normalized spacial score (nSPS) is 10.4. The summed E-state index contributed by atoms with van der Waals surface area (Å²) in [6, 6.07) is 8.00. The average Bonchev–Trinajstić information content (AvgIpc) is 2.48. The van der Waals surface area contributed by atoms with Crippen LogP contribution in [-0.2, 0) is 4.74 Å². The van der Waals surface area contributed by atoms with E-state index in [4.69, 9.17) is 4.74 Å². The summed E-state index contributed by atoms with van der Waals surface area (Å²) in [5.74, 6) is 1.56. The highest BCUT2D eigenvalue weighted by atomic mass is 79.9. The molecule has 1 heterocycles. The number of methoxy groups -OCH3 is 1. The number of aryl methyl sites for hydroxylation is 1. The predicted octanol–water partition coefficient (Wildman–Crippen LogP) is 3.74. The molecule has 2 N–H and O–H groups in total. The summed E-state index contributed by atoms with van der Waals surface area (Å²) in [5.41, 5.74) is 2.18. The summed E-state index contributed by atoms with van der Waals surface area (Å²) in [6.07, 6.45) is 2.48. The van der Waals surface area contributed by atoms with Crippen LogP contribution >= 0.6 is 15.9 Å². The highest BCUT2D eigenvalue weighted by Gasteiger charge is 2.01. The van der Waals surface area contributed by atoms with Crippen molar-refractivity contribution in [3.8, 4) is 0 Å². The van der Waals surface area contributed by atoms with Crippen molar-refractivity contribution in [3.63, 3.8) is 0 Å². The minimum atomic E-state index is 0.737. The van der Waals surface area contributed by atoms with Crippen LogP contribution in [0.1, 0.15) is 12.0 Å². The molecular formula is C15H19BrN4O. The van der Waals surface area contributed by atoms with Gasteiger partial charge in [0.2, 0.25) is 0 Å². The molecule has 0 spiro atoms. The van der Waals surface area contributed by atoms with Gasteiger partial charge in [-0.25, -0.2) is 9.97 Å². The Morgan fingerprint density at radius 2 is 2.00 bits per heavy atom. The molecular weight excluding hydrogens is 332 g/mol. The Kier molecular flexibility index (Phi) is 5.95. The third-order valence-corrected chi connectivity index (χ3v) is 3.80. The van der Waals surface area contributed by atoms with Gasteiger partial charge < -0.3 is 15.4 Å². The number of halogens is 1. The van der Waals surface area contributed by atoms with Gasteiger partial charge in [-0.1, -0.05) is 22.0 Å². The largest absolute Gasteiger partial charge is 0.385 e. The van der Waals surface area contributed by atoms with Crippen molar-refractivity contribution < 1.29 is 4.74 Å². The molecule has 112 valence electrons. The fourth-order valence-electron chi connectivity index (χ4n) is 1.77. The second-order valence-corrected chi connectivity index (χ2v) is 5.50. The van der Waals surface area contributed by atoms with E-state index in [2.05, 4.69) is 49.5 Å². The summed E-state index contributed by atoms with van der Waals surface area (Å²) in [5, 5.41) is 6.51. The third-order valence-electron chi connectivity index (χ3n) is 2.94. The van der Waals surface area contributed by atoms with Gasteiger partial charge in [0.15, 0.2) is 0 Å². The molecule has 0 bridgehead atoms. The SMILES string of the molecule is COCCCNc1cc(Nc2ccc(C)c(Br)c2)ncn1. The van der Waals surface area contributed by atoms with E-state index in [0.29, 0.717) is 0 Å². The zero-order chi connectivity index (χ0) is 15.1. The van der Waals surface area contributed by atoms with Crippen LogP contribution in [0.25, 0.3) is 0 Å². The Labute approximate surface area is 133 Å². The number of hydrogen-bond acceptors (Lipinski definition) is 5. The van der Waals surface area contributed by atoms with Gasteiger partial charge in [0.05, 0.1) is 0 Å². The average molecular weight is 351 g/mol. The first-order valence-corrected chi connectivity index (χ1v) is 7.56. The zero-order valence-corrected chi connectivity index (χ0v) is 13.8. The van der Waals surface area contributed by atoms with Crippen molar-refractivity contribution in [2.24, 2.45) is 0 Å². The van der Waals surface area contributed by atoms with Gasteiger partial charge in [0.25, 0.3) is 0 Å². The quantitative estimate of drug-likeness (QED) is 0.745. The Bertz CT molecular complexity index is 592. The Hall–Kier alpha value is -1.66. The third kappa shape index (κ3) is 4.99. The van der Waals surface area contributed by atoms with E-state index in [1.165, 1.54) is 5.56 Å². The van der Waals surface area contributed by atoms with Crippen LogP contribution in [0, 0.1) is 6.92 Å². The first kappa shape index (κ1) is 15.7. The first-order valence-electron chi connectivity index (χ1n) is 6.77. The highest BCUT2D eigenvalue weighted by Crippen LogP contribution is 2.23. The van der Waals surface area contributed by atoms with Crippen LogP contribution in [0.15, 0.2) is 35.1 Å². The lowest BCUT2D eigenvalue weighted by molar-refractivity contribution is 0.198. The summed E-state index contributed by atoms with van der Waals surface area (Å²) < 4.78 is 6.08. The summed E-state index contributed by atoms with van der Waals surface area (Å²) in [6.45, 7) is 3.61. The number of anilines is 3. The Morgan fingerprint density at radius 3 is 2.76 bits per heavy atom. The molecule has 2 aromatic rings. The maximum Gasteiger partial charge on any atom is 0.135 e. The lowest BCUT2D eigenvalue weighted by atomic mass is 10.2. The van der Waals surface area contributed by atoms with Gasteiger partial charge >= 0.3 is 0 Å². The van der Waals surface area contributed by atoms with Gasteiger partial charge in [0.1, 0.15) is 18.0 Å². The first-order chi connectivity index (χ1) is 10.2. The molecule has 0 saturated carbocycles. The fourth-order valence-corrected chi connectivity index (χ4v) is 2.15. The van der Waals surface area contributed by atoms with E-state index in [-0.39, 0.29) is 0 Å². The molecule has 6 heteroatoms. The number of nitrogens with one attached hydrogen (secondary N) is 2. The predicted molar refractivity (Wildman–Crippen MR) is 89.2 cm³/mol. The van der Waals surface area contributed by atoms with Crippen molar-refractivity contribution in [2.75, 3.05) is 30.9 Å². The fraction of sp³-hybridized carbons (Fsp3) is 0.333. The zero-order valence-electron chi connectivity index (χ0n) is 12.2. The van der Waals surface area contributed by atoms with E-state index >= 15 is 0 Å². The van der Waals surface area contributed by atoms with Crippen LogP contribution < -0.4 is 10.6 Å². The summed E-state index contributed by atoms with van der Waals surface area (Å²) in [4.78, 5) is 8.43. The monoisotopic (exact) mass is 350 g/mol. The molecule has 1 aromatic heterocycles. The van der Waals surface area contributed by atoms with E-state index in [9.17, 15) is 0 Å². The molecule has 1 aromatic carbocycles. The van der Waals surface area contributed by atoms with Gasteiger partial charge in [0, 0.05) is 36.5 Å². The molecule has 0 fully saturated rings. The number of ether oxygens (including phenoxy) is 1. The Balaban J connectivity index is 1.98. The maximum absolute atomic E-state index is 5.01. The molecule has 0 amide bonds. The molecule has 21 heavy (non-hydrogen) atoms. The van der Waals surface area contributed by atoms with Crippen molar-refractivity contribution in [1.82, 2.24) is 9.97 Å². The van der Waals surface area contributed by atoms with E-state index < -0.39 is 0 Å². The Morgan fingerprint density at radius 1 is 1.19 bits per heavy atom. The van der Waals surface area contributed by atoms with Gasteiger partial charge in [-0.05, 0) is 31.0 Å². The lowest BCUT2D eigenvalue weighted by Gasteiger charge is -2.09. The van der Waals surface area contributed by atoms with Crippen LogP contribution in [0.2, 0.25) is 0 Å². The van der Waals surface area contributed by atoms with Gasteiger partial charge in [-0.15, -0.1) is 0 Å². The lowest BCUT2D eigenvalue weighted by Crippen LogP contribution is -2.06. The highest BCUT2D eigenvalue weighted by molar-refractivity contribution is 9.10. The second kappa shape index (κ2) is 7.95. The number of nitrogens with zero attached hydrogens (tertiary/aromatic N) is 2. The number of hydrogen-bond donors (Lipinski definition) is 2.